The predicted molar refractivity (Wildman–Crippen MR) is 89.5 cm³/mol. The van der Waals surface area contributed by atoms with E-state index in [9.17, 15) is 4.79 Å². The summed E-state index contributed by atoms with van der Waals surface area (Å²) >= 11 is 5.86. The van der Waals surface area contributed by atoms with Gasteiger partial charge in [0, 0.05) is 10.6 Å². The highest BCUT2D eigenvalue weighted by molar-refractivity contribution is 6.30. The number of nitrogens with zero attached hydrogens (tertiary/aromatic N) is 6. The Bertz CT molecular complexity index is 1050. The van der Waals surface area contributed by atoms with Crippen LogP contribution in [0.3, 0.4) is 0 Å². The van der Waals surface area contributed by atoms with Crippen LogP contribution in [0.4, 0.5) is 0 Å². The van der Waals surface area contributed by atoms with Crippen molar-refractivity contribution in [1.29, 1.82) is 0 Å². The number of aromatic nitrogens is 6. The summed E-state index contributed by atoms with van der Waals surface area (Å²) in [6, 6.07) is 16.1. The molecule has 0 bridgehead atoms. The van der Waals surface area contributed by atoms with Gasteiger partial charge < -0.3 is 4.52 Å². The molecule has 4 aromatic rings. The van der Waals surface area contributed by atoms with Gasteiger partial charge in [-0.25, -0.2) is 4.79 Å². The summed E-state index contributed by atoms with van der Waals surface area (Å²) in [6.45, 7) is 0.0340. The molecule has 0 unspecified atom stereocenters. The van der Waals surface area contributed by atoms with Gasteiger partial charge in [-0.05, 0) is 46.8 Å². The van der Waals surface area contributed by atoms with Crippen LogP contribution in [0.1, 0.15) is 5.89 Å². The van der Waals surface area contributed by atoms with Gasteiger partial charge in [-0.2, -0.15) is 14.3 Å². The maximum absolute atomic E-state index is 12.4. The molecule has 124 valence electrons. The van der Waals surface area contributed by atoms with Crippen molar-refractivity contribution < 1.29 is 4.52 Å². The topological polar surface area (TPSA) is 91.6 Å². The Morgan fingerprint density at radius 2 is 1.76 bits per heavy atom. The molecule has 0 aliphatic carbocycles. The molecule has 0 fully saturated rings. The maximum Gasteiger partial charge on any atom is 0.368 e. The van der Waals surface area contributed by atoms with Gasteiger partial charge in [-0.3, -0.25) is 0 Å². The largest absolute Gasteiger partial charge is 0.368 e. The van der Waals surface area contributed by atoms with Gasteiger partial charge in [0.25, 0.3) is 0 Å². The molecule has 2 aromatic heterocycles. The smallest absolute Gasteiger partial charge is 0.337 e. The first-order valence-corrected chi connectivity index (χ1v) is 7.75. The Kier molecular flexibility index (Phi) is 3.87. The first-order chi connectivity index (χ1) is 12.2. The molecule has 0 radical (unpaired) electrons. The normalized spacial score (nSPS) is 10.9. The molecule has 0 spiro atoms. The van der Waals surface area contributed by atoms with E-state index < -0.39 is 5.69 Å². The summed E-state index contributed by atoms with van der Waals surface area (Å²) in [7, 11) is 0. The maximum atomic E-state index is 12.4. The number of halogens is 1. The molecule has 2 heterocycles. The first kappa shape index (κ1) is 15.3. The van der Waals surface area contributed by atoms with Crippen molar-refractivity contribution in [1.82, 2.24) is 29.9 Å². The Morgan fingerprint density at radius 1 is 1.00 bits per heavy atom. The molecule has 0 amide bonds. The quantitative estimate of drug-likeness (QED) is 0.557. The molecule has 4 rings (SSSR count). The van der Waals surface area contributed by atoms with Gasteiger partial charge in [-0.15, -0.1) is 0 Å². The monoisotopic (exact) mass is 354 g/mol. The molecular weight excluding hydrogens is 344 g/mol. The number of hydrogen-bond acceptors (Lipinski definition) is 6. The summed E-state index contributed by atoms with van der Waals surface area (Å²) in [5.74, 6) is 0.669. The van der Waals surface area contributed by atoms with Crippen molar-refractivity contribution in [3.8, 4) is 17.1 Å². The fraction of sp³-hybridized carbons (Fsp3) is 0.0625. The van der Waals surface area contributed by atoms with Gasteiger partial charge >= 0.3 is 5.69 Å². The molecule has 0 saturated carbocycles. The van der Waals surface area contributed by atoms with E-state index in [1.54, 1.807) is 36.4 Å². The van der Waals surface area contributed by atoms with E-state index in [0.717, 1.165) is 10.2 Å². The van der Waals surface area contributed by atoms with Crippen molar-refractivity contribution in [2.24, 2.45) is 0 Å². The second-order valence-corrected chi connectivity index (χ2v) is 5.62. The standard InChI is InChI=1S/C16H11ClN6O2/c17-12-8-6-11(7-9-12)15-18-14(25-19-15)10-22-16(24)23(21-20-22)13-4-2-1-3-5-13/h1-9H,10H2. The minimum atomic E-state index is -0.391. The van der Waals surface area contributed by atoms with E-state index >= 15 is 0 Å². The van der Waals surface area contributed by atoms with Crippen LogP contribution in [0.15, 0.2) is 63.9 Å². The average Bonchev–Trinajstić information content (AvgIpc) is 3.24. The third-order valence-electron chi connectivity index (χ3n) is 3.50. The van der Waals surface area contributed by atoms with Crippen molar-refractivity contribution in [2.45, 2.75) is 6.54 Å². The molecule has 8 nitrogen and oxygen atoms in total. The van der Waals surface area contributed by atoms with Crippen LogP contribution < -0.4 is 5.69 Å². The summed E-state index contributed by atoms with van der Waals surface area (Å²) in [5.41, 5.74) is 1.00. The Labute approximate surface area is 146 Å². The van der Waals surface area contributed by atoms with E-state index in [1.807, 2.05) is 18.2 Å². The number of rotatable bonds is 4. The zero-order valence-electron chi connectivity index (χ0n) is 12.8. The van der Waals surface area contributed by atoms with E-state index in [2.05, 4.69) is 20.6 Å². The van der Waals surface area contributed by atoms with Crippen molar-refractivity contribution >= 4 is 11.6 Å². The summed E-state index contributed by atoms with van der Waals surface area (Å²) in [5, 5.41) is 12.3. The van der Waals surface area contributed by atoms with E-state index in [-0.39, 0.29) is 12.4 Å². The third-order valence-corrected chi connectivity index (χ3v) is 3.75. The van der Waals surface area contributed by atoms with Crippen molar-refractivity contribution in [3.63, 3.8) is 0 Å². The minimum absolute atomic E-state index is 0.0340. The fourth-order valence-corrected chi connectivity index (χ4v) is 2.39. The van der Waals surface area contributed by atoms with Crippen LogP contribution in [0, 0.1) is 0 Å². The van der Waals surface area contributed by atoms with Crippen LogP contribution in [-0.2, 0) is 6.54 Å². The first-order valence-electron chi connectivity index (χ1n) is 7.37. The summed E-state index contributed by atoms with van der Waals surface area (Å²) in [4.78, 5) is 16.7. The summed E-state index contributed by atoms with van der Waals surface area (Å²) < 4.78 is 7.56. The lowest BCUT2D eigenvalue weighted by atomic mass is 10.2. The molecule has 0 aliphatic rings. The van der Waals surface area contributed by atoms with E-state index in [4.69, 9.17) is 16.1 Å². The van der Waals surface area contributed by atoms with Crippen molar-refractivity contribution in [2.75, 3.05) is 0 Å². The second kappa shape index (κ2) is 6.33. The van der Waals surface area contributed by atoms with E-state index in [1.165, 1.54) is 4.68 Å². The molecule has 9 heteroatoms. The second-order valence-electron chi connectivity index (χ2n) is 5.19. The number of tetrazole rings is 1. The molecule has 2 aromatic carbocycles. The zero-order valence-corrected chi connectivity index (χ0v) is 13.5. The Hall–Kier alpha value is -3.26. The third kappa shape index (κ3) is 3.07. The highest BCUT2D eigenvalue weighted by Crippen LogP contribution is 2.18. The molecular formula is C16H11ClN6O2. The minimum Gasteiger partial charge on any atom is -0.337 e. The van der Waals surface area contributed by atoms with Crippen LogP contribution in [0.2, 0.25) is 5.02 Å². The Balaban J connectivity index is 1.59. The lowest BCUT2D eigenvalue weighted by Gasteiger charge is -1.96. The van der Waals surface area contributed by atoms with Gasteiger partial charge in [0.05, 0.1) is 5.69 Å². The fourth-order valence-electron chi connectivity index (χ4n) is 2.27. The summed E-state index contributed by atoms with van der Waals surface area (Å²) in [6.07, 6.45) is 0. The molecule has 25 heavy (non-hydrogen) atoms. The lowest BCUT2D eigenvalue weighted by Crippen LogP contribution is -2.24. The predicted octanol–water partition coefficient (Wildman–Crippen LogP) is 2.18. The van der Waals surface area contributed by atoms with Gasteiger partial charge in [-0.1, -0.05) is 35.0 Å². The van der Waals surface area contributed by atoms with Crippen LogP contribution in [0.5, 0.6) is 0 Å². The van der Waals surface area contributed by atoms with Gasteiger partial charge in [0.2, 0.25) is 11.7 Å². The highest BCUT2D eigenvalue weighted by atomic mass is 35.5. The molecule has 0 saturated heterocycles. The van der Waals surface area contributed by atoms with Gasteiger partial charge in [0.1, 0.15) is 6.54 Å². The van der Waals surface area contributed by atoms with Gasteiger partial charge in [0.15, 0.2) is 0 Å². The number of benzene rings is 2. The molecule has 0 aliphatic heterocycles. The lowest BCUT2D eigenvalue weighted by molar-refractivity contribution is 0.363. The molecule has 0 atom stereocenters. The van der Waals surface area contributed by atoms with Crippen LogP contribution in [0.25, 0.3) is 17.1 Å². The SMILES string of the molecule is O=c1n(Cc2nc(-c3ccc(Cl)cc3)no2)nnn1-c1ccccc1. The van der Waals surface area contributed by atoms with E-state index in [0.29, 0.717) is 16.5 Å². The number of hydrogen-bond donors (Lipinski definition) is 0. The Morgan fingerprint density at radius 3 is 2.52 bits per heavy atom. The van der Waals surface area contributed by atoms with Crippen LogP contribution >= 0.6 is 11.6 Å². The van der Waals surface area contributed by atoms with Crippen molar-refractivity contribution in [3.05, 3.63) is 76.0 Å². The van der Waals surface area contributed by atoms with Crippen LogP contribution in [-0.4, -0.2) is 29.9 Å². The zero-order chi connectivity index (χ0) is 17.2. The highest BCUT2D eigenvalue weighted by Gasteiger charge is 2.14. The average molecular weight is 355 g/mol. The number of para-hydroxylation sites is 1. The molecule has 0 N–H and O–H groups in total.